The molecule has 0 aliphatic rings. The van der Waals surface area contributed by atoms with Gasteiger partial charge in [-0.1, -0.05) is 6.07 Å². The molecular formula is C14H14N2O4. The highest BCUT2D eigenvalue weighted by Crippen LogP contribution is 2.23. The summed E-state index contributed by atoms with van der Waals surface area (Å²) in [6, 6.07) is 8.09. The first-order valence-corrected chi connectivity index (χ1v) is 5.97. The standard InChI is InChI=1S/C14H14N2O4/c1-9-4-5-12(17)11(7-9)16-14(19)13(18)15-8-10-3-2-6-20-10/h2-7,17H,8H2,1H3,(H,15,18)(H,16,19). The van der Waals surface area contributed by atoms with E-state index in [4.69, 9.17) is 4.42 Å². The molecule has 0 aliphatic carbocycles. The molecule has 3 N–H and O–H groups in total. The van der Waals surface area contributed by atoms with Crippen LogP contribution < -0.4 is 10.6 Å². The monoisotopic (exact) mass is 274 g/mol. The van der Waals surface area contributed by atoms with E-state index in [-0.39, 0.29) is 18.0 Å². The van der Waals surface area contributed by atoms with E-state index in [1.54, 1.807) is 24.3 Å². The second-order valence-electron chi connectivity index (χ2n) is 4.24. The van der Waals surface area contributed by atoms with E-state index in [1.165, 1.54) is 12.3 Å². The van der Waals surface area contributed by atoms with E-state index in [0.717, 1.165) is 5.56 Å². The van der Waals surface area contributed by atoms with Gasteiger partial charge in [-0.3, -0.25) is 9.59 Å². The number of furan rings is 1. The molecule has 20 heavy (non-hydrogen) atoms. The van der Waals surface area contributed by atoms with Crippen LogP contribution in [0.25, 0.3) is 0 Å². The molecule has 1 heterocycles. The number of phenols is 1. The molecule has 2 rings (SSSR count). The van der Waals surface area contributed by atoms with Gasteiger partial charge in [0.25, 0.3) is 0 Å². The number of aryl methyl sites for hydroxylation is 1. The minimum Gasteiger partial charge on any atom is -0.506 e. The van der Waals surface area contributed by atoms with Crippen LogP contribution in [-0.4, -0.2) is 16.9 Å². The van der Waals surface area contributed by atoms with Crippen molar-refractivity contribution in [1.29, 1.82) is 0 Å². The Morgan fingerprint density at radius 1 is 1.25 bits per heavy atom. The third-order valence-corrected chi connectivity index (χ3v) is 2.61. The Morgan fingerprint density at radius 3 is 2.75 bits per heavy atom. The van der Waals surface area contributed by atoms with Crippen LogP contribution in [0.15, 0.2) is 41.0 Å². The summed E-state index contributed by atoms with van der Waals surface area (Å²) in [5.41, 5.74) is 1.05. The van der Waals surface area contributed by atoms with Crippen LogP contribution in [0, 0.1) is 6.92 Å². The Balaban J connectivity index is 1.93. The van der Waals surface area contributed by atoms with Crippen molar-refractivity contribution in [2.24, 2.45) is 0 Å². The second kappa shape index (κ2) is 5.92. The lowest BCUT2D eigenvalue weighted by atomic mass is 10.2. The van der Waals surface area contributed by atoms with Crippen molar-refractivity contribution in [2.45, 2.75) is 13.5 Å². The molecule has 0 aliphatic heterocycles. The van der Waals surface area contributed by atoms with Crippen LogP contribution in [0.1, 0.15) is 11.3 Å². The van der Waals surface area contributed by atoms with E-state index >= 15 is 0 Å². The van der Waals surface area contributed by atoms with Crippen molar-refractivity contribution in [3.63, 3.8) is 0 Å². The number of aromatic hydroxyl groups is 1. The number of hydrogen-bond donors (Lipinski definition) is 3. The van der Waals surface area contributed by atoms with Crippen molar-refractivity contribution in [1.82, 2.24) is 5.32 Å². The Hall–Kier alpha value is -2.76. The van der Waals surface area contributed by atoms with E-state index in [9.17, 15) is 14.7 Å². The van der Waals surface area contributed by atoms with Crippen LogP contribution in [-0.2, 0) is 16.1 Å². The number of phenolic OH excluding ortho intramolecular Hbond substituents is 1. The van der Waals surface area contributed by atoms with E-state index < -0.39 is 11.8 Å². The maximum absolute atomic E-state index is 11.7. The molecule has 0 radical (unpaired) electrons. The van der Waals surface area contributed by atoms with Crippen molar-refractivity contribution < 1.29 is 19.1 Å². The van der Waals surface area contributed by atoms with Crippen LogP contribution >= 0.6 is 0 Å². The minimum atomic E-state index is -0.850. The third kappa shape index (κ3) is 3.38. The topological polar surface area (TPSA) is 91.6 Å². The summed E-state index contributed by atoms with van der Waals surface area (Å²) in [7, 11) is 0. The van der Waals surface area contributed by atoms with Crippen molar-refractivity contribution >= 4 is 17.5 Å². The smallest absolute Gasteiger partial charge is 0.313 e. The Kier molecular flexibility index (Phi) is 4.05. The highest BCUT2D eigenvalue weighted by Gasteiger charge is 2.15. The molecule has 104 valence electrons. The maximum atomic E-state index is 11.7. The summed E-state index contributed by atoms with van der Waals surface area (Å²) in [4.78, 5) is 23.3. The van der Waals surface area contributed by atoms with E-state index in [2.05, 4.69) is 10.6 Å². The Labute approximate surface area is 115 Å². The predicted octanol–water partition coefficient (Wildman–Crippen LogP) is 1.55. The van der Waals surface area contributed by atoms with Crippen LogP contribution in [0.5, 0.6) is 5.75 Å². The zero-order valence-electron chi connectivity index (χ0n) is 10.8. The van der Waals surface area contributed by atoms with Crippen LogP contribution in [0.4, 0.5) is 5.69 Å². The fraction of sp³-hybridized carbons (Fsp3) is 0.143. The van der Waals surface area contributed by atoms with E-state index in [1.807, 2.05) is 6.92 Å². The van der Waals surface area contributed by atoms with Gasteiger partial charge < -0.3 is 20.2 Å². The van der Waals surface area contributed by atoms with Gasteiger partial charge in [-0.15, -0.1) is 0 Å². The van der Waals surface area contributed by atoms with Gasteiger partial charge in [0, 0.05) is 0 Å². The lowest BCUT2D eigenvalue weighted by Gasteiger charge is -2.08. The second-order valence-corrected chi connectivity index (χ2v) is 4.24. The van der Waals surface area contributed by atoms with Gasteiger partial charge in [0.05, 0.1) is 18.5 Å². The number of carbonyl (C=O) groups excluding carboxylic acids is 2. The van der Waals surface area contributed by atoms with Crippen LogP contribution in [0.2, 0.25) is 0 Å². The average Bonchev–Trinajstić information content (AvgIpc) is 2.93. The quantitative estimate of drug-likeness (QED) is 0.585. The molecule has 2 amide bonds. The average molecular weight is 274 g/mol. The van der Waals surface area contributed by atoms with E-state index in [0.29, 0.717) is 5.76 Å². The summed E-state index contributed by atoms with van der Waals surface area (Å²) in [6.07, 6.45) is 1.48. The summed E-state index contributed by atoms with van der Waals surface area (Å²) in [5, 5.41) is 14.3. The molecule has 0 fully saturated rings. The third-order valence-electron chi connectivity index (χ3n) is 2.61. The number of carbonyl (C=O) groups is 2. The maximum Gasteiger partial charge on any atom is 0.313 e. The lowest BCUT2D eigenvalue weighted by Crippen LogP contribution is -2.34. The molecule has 6 heteroatoms. The molecule has 1 aromatic heterocycles. The Morgan fingerprint density at radius 2 is 2.05 bits per heavy atom. The molecular weight excluding hydrogens is 260 g/mol. The number of nitrogens with one attached hydrogen (secondary N) is 2. The molecule has 0 saturated heterocycles. The summed E-state index contributed by atoms with van der Waals surface area (Å²) in [5.74, 6) is -1.20. The number of benzene rings is 1. The molecule has 0 bridgehead atoms. The number of amides is 2. The molecule has 2 aromatic rings. The zero-order valence-corrected chi connectivity index (χ0v) is 10.8. The molecule has 0 spiro atoms. The zero-order chi connectivity index (χ0) is 14.5. The molecule has 0 saturated carbocycles. The van der Waals surface area contributed by atoms with Gasteiger partial charge in [-0.05, 0) is 36.8 Å². The highest BCUT2D eigenvalue weighted by molar-refractivity contribution is 6.39. The summed E-state index contributed by atoms with van der Waals surface area (Å²) < 4.78 is 5.03. The van der Waals surface area contributed by atoms with Crippen molar-refractivity contribution in [3.8, 4) is 5.75 Å². The highest BCUT2D eigenvalue weighted by atomic mass is 16.3. The summed E-state index contributed by atoms with van der Waals surface area (Å²) in [6.45, 7) is 1.94. The molecule has 0 unspecified atom stereocenters. The first-order chi connectivity index (χ1) is 9.56. The van der Waals surface area contributed by atoms with Gasteiger partial charge in [0.1, 0.15) is 11.5 Å². The fourth-order valence-corrected chi connectivity index (χ4v) is 1.59. The van der Waals surface area contributed by atoms with Gasteiger partial charge in [0.15, 0.2) is 0 Å². The Bertz CT molecular complexity index is 620. The van der Waals surface area contributed by atoms with Gasteiger partial charge in [0.2, 0.25) is 0 Å². The number of rotatable bonds is 3. The van der Waals surface area contributed by atoms with Crippen molar-refractivity contribution in [3.05, 3.63) is 47.9 Å². The van der Waals surface area contributed by atoms with Gasteiger partial charge in [-0.25, -0.2) is 0 Å². The van der Waals surface area contributed by atoms with Crippen LogP contribution in [0.3, 0.4) is 0 Å². The number of hydrogen-bond acceptors (Lipinski definition) is 4. The SMILES string of the molecule is Cc1ccc(O)c(NC(=O)C(=O)NCc2ccco2)c1. The molecule has 1 aromatic carbocycles. The number of anilines is 1. The fourth-order valence-electron chi connectivity index (χ4n) is 1.59. The first kappa shape index (κ1) is 13.7. The predicted molar refractivity (Wildman–Crippen MR) is 72.0 cm³/mol. The first-order valence-electron chi connectivity index (χ1n) is 5.97. The minimum absolute atomic E-state index is 0.0946. The van der Waals surface area contributed by atoms with Crippen molar-refractivity contribution in [2.75, 3.05) is 5.32 Å². The molecule has 6 nitrogen and oxygen atoms in total. The molecule has 0 atom stereocenters. The van der Waals surface area contributed by atoms with Gasteiger partial charge in [-0.2, -0.15) is 0 Å². The normalized spacial score (nSPS) is 10.1. The lowest BCUT2D eigenvalue weighted by molar-refractivity contribution is -0.136. The van der Waals surface area contributed by atoms with Gasteiger partial charge >= 0.3 is 11.8 Å². The largest absolute Gasteiger partial charge is 0.506 e. The summed E-state index contributed by atoms with van der Waals surface area (Å²) >= 11 is 0.